The molecule has 0 bridgehead atoms. The Morgan fingerprint density at radius 1 is 1.04 bits per heavy atom. The van der Waals surface area contributed by atoms with Crippen molar-refractivity contribution >= 4 is 21.2 Å². The SMILES string of the molecule is CCCCCCC(CC)c1nc(C)c2c(=O)[nH]c(-c3cc(S(=O)(=O)Nc4ccc(OC)c(CN(C)C)c4)ccc3OCC)nn12. The molecule has 45 heavy (non-hydrogen) atoms. The van der Waals surface area contributed by atoms with E-state index in [9.17, 15) is 13.2 Å². The molecule has 1 atom stereocenters. The molecule has 0 aliphatic carbocycles. The van der Waals surface area contributed by atoms with Gasteiger partial charge in [0.25, 0.3) is 15.6 Å². The molecule has 0 spiro atoms. The first kappa shape index (κ1) is 34.0. The number of unbranched alkanes of at least 4 members (excludes halogenated alkanes) is 3. The highest BCUT2D eigenvalue weighted by molar-refractivity contribution is 7.92. The molecule has 0 saturated heterocycles. The fourth-order valence-electron chi connectivity index (χ4n) is 5.58. The third-order valence-electron chi connectivity index (χ3n) is 7.80. The maximum atomic E-state index is 13.7. The largest absolute Gasteiger partial charge is 0.496 e. The number of nitrogens with one attached hydrogen (secondary N) is 2. The van der Waals surface area contributed by atoms with Gasteiger partial charge in [-0.05, 0) is 77.2 Å². The Morgan fingerprint density at radius 2 is 1.80 bits per heavy atom. The van der Waals surface area contributed by atoms with Crippen molar-refractivity contribution in [2.45, 2.75) is 83.6 Å². The van der Waals surface area contributed by atoms with Gasteiger partial charge in [-0.3, -0.25) is 9.52 Å². The third kappa shape index (κ3) is 7.85. The lowest BCUT2D eigenvalue weighted by Gasteiger charge is -2.17. The Morgan fingerprint density at radius 3 is 2.47 bits per heavy atom. The molecule has 2 heterocycles. The highest BCUT2D eigenvalue weighted by atomic mass is 32.2. The first-order valence-corrected chi connectivity index (χ1v) is 17.1. The van der Waals surface area contributed by atoms with Crippen LogP contribution in [0.25, 0.3) is 16.9 Å². The van der Waals surface area contributed by atoms with Gasteiger partial charge in [0, 0.05) is 23.7 Å². The molecule has 2 N–H and O–H groups in total. The van der Waals surface area contributed by atoms with Gasteiger partial charge >= 0.3 is 0 Å². The molecule has 4 aromatic rings. The summed E-state index contributed by atoms with van der Waals surface area (Å²) in [5, 5.41) is 4.83. The molecule has 0 radical (unpaired) electrons. The molecule has 2 aromatic carbocycles. The molecule has 0 aliphatic heterocycles. The van der Waals surface area contributed by atoms with E-state index in [1.54, 1.807) is 35.9 Å². The summed E-state index contributed by atoms with van der Waals surface area (Å²) in [4.78, 5) is 23.0. The Hall–Kier alpha value is -3.90. The van der Waals surface area contributed by atoms with Gasteiger partial charge in [0.05, 0.1) is 29.9 Å². The first-order chi connectivity index (χ1) is 21.5. The van der Waals surface area contributed by atoms with Gasteiger partial charge in [-0.1, -0.05) is 39.5 Å². The Bertz CT molecular complexity index is 1780. The van der Waals surface area contributed by atoms with Crippen LogP contribution in [0.2, 0.25) is 0 Å². The van der Waals surface area contributed by atoms with Gasteiger partial charge in [-0.15, -0.1) is 5.10 Å². The van der Waals surface area contributed by atoms with E-state index in [1.807, 2.05) is 32.8 Å². The number of aromatic amines is 1. The second-order valence-electron chi connectivity index (χ2n) is 11.5. The summed E-state index contributed by atoms with van der Waals surface area (Å²) in [6.07, 6.45) is 6.37. The predicted molar refractivity (Wildman–Crippen MR) is 178 cm³/mol. The number of aromatic nitrogens is 4. The van der Waals surface area contributed by atoms with Crippen LogP contribution in [0.1, 0.15) is 82.3 Å². The average molecular weight is 639 g/mol. The lowest BCUT2D eigenvalue weighted by atomic mass is 9.97. The Kier molecular flexibility index (Phi) is 11.3. The number of aryl methyl sites for hydroxylation is 1. The van der Waals surface area contributed by atoms with E-state index in [1.165, 1.54) is 18.6 Å². The molecule has 2 aromatic heterocycles. The smallest absolute Gasteiger partial charge is 0.277 e. The van der Waals surface area contributed by atoms with Crippen molar-refractivity contribution in [3.63, 3.8) is 0 Å². The van der Waals surface area contributed by atoms with Crippen LogP contribution in [-0.2, 0) is 16.6 Å². The molecule has 0 amide bonds. The standard InChI is InChI=1S/C33H46N6O5S/c1-8-11-12-13-14-23(9-2)32-34-22(4)30-33(40)35-31(36-39(30)32)27-20-26(16-18-29(27)44-10-3)45(41,42)37-25-15-17-28(43-7)24(19-25)21-38(5)6/h15-20,23,37H,8-14,21H2,1-7H3,(H,35,36,40). The molecule has 0 saturated carbocycles. The zero-order chi connectivity index (χ0) is 32.7. The second kappa shape index (κ2) is 14.9. The van der Waals surface area contributed by atoms with E-state index in [0.717, 1.165) is 43.5 Å². The second-order valence-corrected chi connectivity index (χ2v) is 13.2. The molecule has 4 rings (SSSR count). The highest BCUT2D eigenvalue weighted by Gasteiger charge is 2.24. The monoisotopic (exact) mass is 638 g/mol. The number of benzene rings is 2. The van der Waals surface area contributed by atoms with Crippen molar-refractivity contribution in [2.75, 3.05) is 32.5 Å². The van der Waals surface area contributed by atoms with Crippen molar-refractivity contribution in [1.29, 1.82) is 0 Å². The summed E-state index contributed by atoms with van der Waals surface area (Å²) in [7, 11) is 1.41. The third-order valence-corrected chi connectivity index (χ3v) is 9.18. The van der Waals surface area contributed by atoms with Crippen LogP contribution in [0.15, 0.2) is 46.1 Å². The van der Waals surface area contributed by atoms with Crippen LogP contribution in [0.3, 0.4) is 0 Å². The zero-order valence-corrected chi connectivity index (χ0v) is 28.3. The van der Waals surface area contributed by atoms with Gasteiger partial charge in [0.15, 0.2) is 11.3 Å². The van der Waals surface area contributed by atoms with E-state index in [2.05, 4.69) is 23.6 Å². The molecule has 0 aliphatic rings. The topological polar surface area (TPSA) is 131 Å². The normalized spacial score (nSPS) is 12.5. The number of anilines is 1. The van der Waals surface area contributed by atoms with E-state index in [0.29, 0.717) is 47.1 Å². The summed E-state index contributed by atoms with van der Waals surface area (Å²) in [5.74, 6) is 2.15. The van der Waals surface area contributed by atoms with E-state index >= 15 is 0 Å². The molecule has 0 fully saturated rings. The number of rotatable bonds is 16. The van der Waals surface area contributed by atoms with E-state index < -0.39 is 10.0 Å². The molecule has 11 nitrogen and oxygen atoms in total. The highest BCUT2D eigenvalue weighted by Crippen LogP contribution is 2.33. The van der Waals surface area contributed by atoms with Gasteiger partial charge in [-0.25, -0.2) is 17.9 Å². The van der Waals surface area contributed by atoms with Crippen molar-refractivity contribution in [2.24, 2.45) is 0 Å². The molecule has 12 heteroatoms. The number of imidazole rings is 1. The number of hydrogen-bond donors (Lipinski definition) is 2. The fourth-order valence-corrected chi connectivity index (χ4v) is 6.65. The summed E-state index contributed by atoms with van der Waals surface area (Å²) >= 11 is 0. The molecular weight excluding hydrogens is 592 g/mol. The maximum Gasteiger partial charge on any atom is 0.277 e. The number of nitrogens with zero attached hydrogens (tertiary/aromatic N) is 4. The van der Waals surface area contributed by atoms with Crippen molar-refractivity contribution in [1.82, 2.24) is 24.5 Å². The molecular formula is C33H46N6O5S. The number of hydrogen-bond acceptors (Lipinski definition) is 8. The van der Waals surface area contributed by atoms with Crippen LogP contribution in [0, 0.1) is 6.92 Å². The minimum atomic E-state index is -4.03. The number of fused-ring (bicyclic) bond motifs is 1. The van der Waals surface area contributed by atoms with Crippen LogP contribution >= 0.6 is 0 Å². The molecule has 244 valence electrons. The quantitative estimate of drug-likeness (QED) is 0.140. The summed E-state index contributed by atoms with van der Waals surface area (Å²) in [5.41, 5.74) is 2.24. The van der Waals surface area contributed by atoms with Crippen LogP contribution in [0.4, 0.5) is 5.69 Å². The number of ether oxygens (including phenoxy) is 2. The van der Waals surface area contributed by atoms with Crippen molar-refractivity contribution in [3.05, 3.63) is 63.8 Å². The molecule has 1 unspecified atom stereocenters. The van der Waals surface area contributed by atoms with Crippen LogP contribution in [0.5, 0.6) is 11.5 Å². The minimum Gasteiger partial charge on any atom is -0.496 e. The predicted octanol–water partition coefficient (Wildman–Crippen LogP) is 6.13. The van der Waals surface area contributed by atoms with Crippen molar-refractivity contribution in [3.8, 4) is 22.9 Å². The summed E-state index contributed by atoms with van der Waals surface area (Å²) in [6, 6.07) is 9.70. The van der Waals surface area contributed by atoms with Gasteiger partial charge < -0.3 is 19.4 Å². The lowest BCUT2D eigenvalue weighted by Crippen LogP contribution is -2.17. The van der Waals surface area contributed by atoms with E-state index in [-0.39, 0.29) is 22.2 Å². The maximum absolute atomic E-state index is 13.7. The average Bonchev–Trinajstić information content (AvgIpc) is 3.33. The number of sulfonamides is 1. The first-order valence-electron chi connectivity index (χ1n) is 15.6. The van der Waals surface area contributed by atoms with Gasteiger partial charge in [0.1, 0.15) is 17.3 Å². The summed E-state index contributed by atoms with van der Waals surface area (Å²) < 4.78 is 42.9. The number of methoxy groups -OCH3 is 1. The zero-order valence-electron chi connectivity index (χ0n) is 27.4. The fraction of sp³-hybridized carbons (Fsp3) is 0.485. The van der Waals surface area contributed by atoms with Crippen molar-refractivity contribution < 1.29 is 17.9 Å². The Balaban J connectivity index is 1.77. The van der Waals surface area contributed by atoms with Gasteiger partial charge in [0.2, 0.25) is 0 Å². The lowest BCUT2D eigenvalue weighted by molar-refractivity contribution is 0.341. The Labute approximate surface area is 266 Å². The van der Waals surface area contributed by atoms with Crippen LogP contribution in [-0.4, -0.2) is 60.7 Å². The summed E-state index contributed by atoms with van der Waals surface area (Å²) in [6.45, 7) is 8.87. The van der Waals surface area contributed by atoms with Gasteiger partial charge in [-0.2, -0.15) is 0 Å². The number of H-pyrrole nitrogens is 1. The minimum absolute atomic E-state index is 0.00179. The van der Waals surface area contributed by atoms with Crippen LogP contribution < -0.4 is 19.8 Å². The van der Waals surface area contributed by atoms with E-state index in [4.69, 9.17) is 19.6 Å².